The van der Waals surface area contributed by atoms with E-state index >= 15 is 0 Å². The Morgan fingerprint density at radius 3 is 2.84 bits per heavy atom. The Bertz CT molecular complexity index is 447. The lowest BCUT2D eigenvalue weighted by Gasteiger charge is -2.20. The van der Waals surface area contributed by atoms with Gasteiger partial charge in [-0.15, -0.1) is 0 Å². The molecule has 2 fully saturated rings. The van der Waals surface area contributed by atoms with Gasteiger partial charge in [0.25, 0.3) is 0 Å². The number of rotatable bonds is 3. The Morgan fingerprint density at radius 1 is 1.26 bits per heavy atom. The number of nitrogens with zero attached hydrogens (tertiary/aromatic N) is 3. The Morgan fingerprint density at radius 2 is 2.11 bits per heavy atom. The summed E-state index contributed by atoms with van der Waals surface area (Å²) in [6, 6.07) is 0.316. The van der Waals surface area contributed by atoms with Crippen molar-refractivity contribution in [2.75, 3.05) is 33.8 Å². The zero-order chi connectivity index (χ0) is 13.2. The van der Waals surface area contributed by atoms with Crippen molar-refractivity contribution in [3.63, 3.8) is 0 Å². The Hall–Kier alpha value is -1.20. The lowest BCUT2D eigenvalue weighted by atomic mass is 10.0. The first-order valence-electron chi connectivity index (χ1n) is 7.10. The van der Waals surface area contributed by atoms with Gasteiger partial charge >= 0.3 is 0 Å². The maximum absolute atomic E-state index is 5.48. The summed E-state index contributed by atoms with van der Waals surface area (Å²) in [6.07, 6.45) is 5.22. The van der Waals surface area contributed by atoms with Gasteiger partial charge in [-0.2, -0.15) is 0 Å². The van der Waals surface area contributed by atoms with Crippen molar-refractivity contribution in [1.29, 1.82) is 0 Å². The van der Waals surface area contributed by atoms with Crippen molar-refractivity contribution < 1.29 is 4.74 Å². The molecule has 0 aromatic carbocycles. The van der Waals surface area contributed by atoms with Crippen LogP contribution >= 0.6 is 0 Å². The van der Waals surface area contributed by atoms with Gasteiger partial charge in [0.1, 0.15) is 6.33 Å². The van der Waals surface area contributed by atoms with Crippen LogP contribution in [0.2, 0.25) is 0 Å². The fraction of sp³-hybridized carbons (Fsp3) is 0.714. The minimum Gasteiger partial charge on any atom is -0.481 e. The number of hydrogen-bond donors (Lipinski definition) is 1. The van der Waals surface area contributed by atoms with E-state index in [0.717, 1.165) is 31.9 Å². The molecule has 0 radical (unpaired) electrons. The van der Waals surface area contributed by atoms with Gasteiger partial charge < -0.3 is 15.0 Å². The van der Waals surface area contributed by atoms with Gasteiger partial charge in [-0.25, -0.2) is 9.97 Å². The second kappa shape index (κ2) is 5.43. The minimum atomic E-state index is 0.316. The number of aromatic nitrogens is 2. The number of likely N-dealkylation sites (N-methyl/N-ethyl adjacent to an activating group) is 1. The Kier molecular flexibility index (Phi) is 3.66. The van der Waals surface area contributed by atoms with Crippen molar-refractivity contribution in [2.24, 2.45) is 0 Å². The van der Waals surface area contributed by atoms with E-state index in [1.807, 2.05) is 0 Å². The van der Waals surface area contributed by atoms with Crippen molar-refractivity contribution in [3.8, 4) is 5.88 Å². The van der Waals surface area contributed by atoms with Crippen molar-refractivity contribution in [2.45, 2.75) is 31.2 Å². The number of ether oxygens (including phenoxy) is 1. The van der Waals surface area contributed by atoms with E-state index in [0.29, 0.717) is 12.0 Å². The molecule has 2 aliphatic rings. The maximum Gasteiger partial charge on any atom is 0.221 e. The molecule has 1 atom stereocenters. The summed E-state index contributed by atoms with van der Waals surface area (Å²) in [5.41, 5.74) is 2.40. The number of methoxy groups -OCH3 is 1. The van der Waals surface area contributed by atoms with Crippen LogP contribution < -0.4 is 10.1 Å². The molecule has 3 rings (SSSR count). The van der Waals surface area contributed by atoms with Crippen LogP contribution in [0.5, 0.6) is 5.88 Å². The molecule has 19 heavy (non-hydrogen) atoms. The first kappa shape index (κ1) is 12.8. The summed E-state index contributed by atoms with van der Waals surface area (Å²) >= 11 is 0. The van der Waals surface area contributed by atoms with Crippen LogP contribution in [0.25, 0.3) is 0 Å². The Labute approximate surface area is 114 Å². The van der Waals surface area contributed by atoms with Gasteiger partial charge in [0.15, 0.2) is 0 Å². The van der Waals surface area contributed by atoms with E-state index in [-0.39, 0.29) is 0 Å². The van der Waals surface area contributed by atoms with Crippen molar-refractivity contribution >= 4 is 0 Å². The maximum atomic E-state index is 5.48. The second-order valence-corrected chi connectivity index (χ2v) is 5.55. The monoisotopic (exact) mass is 262 g/mol. The molecule has 1 saturated carbocycles. The van der Waals surface area contributed by atoms with E-state index in [1.165, 1.54) is 24.1 Å². The lowest BCUT2D eigenvalue weighted by Crippen LogP contribution is -2.26. The molecular formula is C14H22N4O. The van der Waals surface area contributed by atoms with Crippen LogP contribution in [-0.2, 0) is 0 Å². The normalized spacial score (nSPS) is 25.1. The topological polar surface area (TPSA) is 50.3 Å². The van der Waals surface area contributed by atoms with Gasteiger partial charge in [-0.3, -0.25) is 0 Å². The van der Waals surface area contributed by atoms with E-state index in [2.05, 4.69) is 27.2 Å². The summed E-state index contributed by atoms with van der Waals surface area (Å²) < 4.78 is 5.48. The van der Waals surface area contributed by atoms with Gasteiger partial charge in [-0.05, 0) is 32.9 Å². The van der Waals surface area contributed by atoms with E-state index in [1.54, 1.807) is 13.4 Å². The van der Waals surface area contributed by atoms with Gasteiger partial charge in [-0.1, -0.05) is 0 Å². The van der Waals surface area contributed by atoms with Crippen LogP contribution in [0.15, 0.2) is 6.33 Å². The highest BCUT2D eigenvalue weighted by Gasteiger charge is 2.33. The molecule has 2 heterocycles. The van der Waals surface area contributed by atoms with Crippen LogP contribution in [0, 0.1) is 0 Å². The van der Waals surface area contributed by atoms with Crippen LogP contribution in [0.1, 0.15) is 42.5 Å². The van der Waals surface area contributed by atoms with E-state index in [9.17, 15) is 0 Å². The Balaban J connectivity index is 1.92. The van der Waals surface area contributed by atoms with Gasteiger partial charge in [0, 0.05) is 25.0 Å². The molecule has 0 spiro atoms. The summed E-state index contributed by atoms with van der Waals surface area (Å²) in [5, 5.41) is 3.62. The molecule has 5 nitrogen and oxygen atoms in total. The highest BCUT2D eigenvalue weighted by atomic mass is 16.5. The third kappa shape index (κ3) is 2.72. The quantitative estimate of drug-likeness (QED) is 0.890. The molecule has 1 aromatic rings. The average Bonchev–Trinajstić information content (AvgIpc) is 3.25. The molecule has 0 bridgehead atoms. The largest absolute Gasteiger partial charge is 0.481 e. The summed E-state index contributed by atoms with van der Waals surface area (Å²) in [4.78, 5) is 11.2. The highest BCUT2D eigenvalue weighted by molar-refractivity contribution is 5.37. The van der Waals surface area contributed by atoms with E-state index < -0.39 is 0 Å². The summed E-state index contributed by atoms with van der Waals surface area (Å²) in [5.74, 6) is 1.37. The molecular weight excluding hydrogens is 240 g/mol. The second-order valence-electron chi connectivity index (χ2n) is 5.55. The molecule has 1 unspecified atom stereocenters. The fourth-order valence-electron chi connectivity index (χ4n) is 2.80. The molecule has 1 N–H and O–H groups in total. The summed E-state index contributed by atoms with van der Waals surface area (Å²) in [6.45, 7) is 3.19. The average molecular weight is 262 g/mol. The highest BCUT2D eigenvalue weighted by Crippen LogP contribution is 2.44. The zero-order valence-corrected chi connectivity index (χ0v) is 11.7. The van der Waals surface area contributed by atoms with Crippen LogP contribution in [0.3, 0.4) is 0 Å². The molecule has 1 aliphatic heterocycles. The fourth-order valence-corrected chi connectivity index (χ4v) is 2.80. The SMILES string of the molecule is COc1ncnc(C2CC2)c1C1CCN(C)CCN1. The van der Waals surface area contributed by atoms with E-state index in [4.69, 9.17) is 4.74 Å². The minimum absolute atomic E-state index is 0.316. The van der Waals surface area contributed by atoms with Gasteiger partial charge in [0.2, 0.25) is 5.88 Å². The molecule has 104 valence electrons. The zero-order valence-electron chi connectivity index (χ0n) is 11.7. The first-order chi connectivity index (χ1) is 9.29. The molecule has 5 heteroatoms. The lowest BCUT2D eigenvalue weighted by molar-refractivity contribution is 0.352. The molecule has 1 saturated heterocycles. The third-order valence-corrected chi connectivity index (χ3v) is 4.07. The van der Waals surface area contributed by atoms with Crippen LogP contribution in [-0.4, -0.2) is 48.7 Å². The predicted molar refractivity (Wildman–Crippen MR) is 73.4 cm³/mol. The smallest absolute Gasteiger partial charge is 0.221 e. The predicted octanol–water partition coefficient (Wildman–Crippen LogP) is 1.33. The number of hydrogen-bond acceptors (Lipinski definition) is 5. The van der Waals surface area contributed by atoms with Crippen molar-refractivity contribution in [3.05, 3.63) is 17.6 Å². The number of nitrogens with one attached hydrogen (secondary N) is 1. The molecule has 0 amide bonds. The third-order valence-electron chi connectivity index (χ3n) is 4.07. The standard InChI is InChI=1S/C14H22N4O/c1-18-7-5-11(15-6-8-18)12-13(10-3-4-10)16-9-17-14(12)19-2/h9-11,15H,3-8H2,1-2H3. The molecule has 1 aliphatic carbocycles. The first-order valence-corrected chi connectivity index (χ1v) is 7.10. The molecule has 1 aromatic heterocycles. The summed E-state index contributed by atoms with van der Waals surface area (Å²) in [7, 11) is 3.87. The van der Waals surface area contributed by atoms with Crippen molar-refractivity contribution in [1.82, 2.24) is 20.2 Å². The van der Waals surface area contributed by atoms with Crippen LogP contribution in [0.4, 0.5) is 0 Å². The van der Waals surface area contributed by atoms with Gasteiger partial charge in [0.05, 0.1) is 18.4 Å².